The van der Waals surface area contributed by atoms with Crippen LogP contribution in [0, 0.1) is 0 Å². The monoisotopic (exact) mass is 242 g/mol. The van der Waals surface area contributed by atoms with Crippen LogP contribution in [-0.2, 0) is 0 Å². The number of fused-ring (bicyclic) bond motifs is 2. The molecule has 0 spiro atoms. The van der Waals surface area contributed by atoms with E-state index in [9.17, 15) is 4.79 Å². The summed E-state index contributed by atoms with van der Waals surface area (Å²) in [5.74, 6) is 1.34. The van der Waals surface area contributed by atoms with E-state index in [0.29, 0.717) is 5.78 Å². The summed E-state index contributed by atoms with van der Waals surface area (Å²) in [6.07, 6.45) is 6.34. The van der Waals surface area contributed by atoms with Crippen molar-refractivity contribution in [2.75, 3.05) is 5.75 Å². The summed E-state index contributed by atoms with van der Waals surface area (Å²) >= 11 is 0. The predicted molar refractivity (Wildman–Crippen MR) is 75.9 cm³/mol. The van der Waals surface area contributed by atoms with Gasteiger partial charge in [0.05, 0.1) is 5.25 Å². The lowest BCUT2D eigenvalue weighted by Gasteiger charge is -2.27. The number of carbonyl (C=O) groups excluding carboxylic acids is 1. The van der Waals surface area contributed by atoms with E-state index >= 15 is 0 Å². The van der Waals surface area contributed by atoms with Gasteiger partial charge in [0.1, 0.15) is 0 Å². The van der Waals surface area contributed by atoms with Crippen molar-refractivity contribution in [3.63, 3.8) is 0 Å². The highest BCUT2D eigenvalue weighted by Gasteiger charge is 2.30. The highest BCUT2D eigenvalue weighted by atomic mass is 32.2. The summed E-state index contributed by atoms with van der Waals surface area (Å²) in [5.41, 5.74) is 3.13. The second-order valence-corrected chi connectivity index (χ2v) is 6.49. The van der Waals surface area contributed by atoms with Gasteiger partial charge < -0.3 is 0 Å². The Kier molecular flexibility index (Phi) is 2.60. The molecule has 0 fully saturated rings. The average molecular weight is 242 g/mol. The normalized spacial score (nSPS) is 25.7. The number of benzene rings is 1. The van der Waals surface area contributed by atoms with Crippen molar-refractivity contribution in [1.29, 1.82) is 0 Å². The first-order chi connectivity index (χ1) is 8.31. The largest absolute Gasteiger partial charge is 0.293 e. The molecule has 0 bridgehead atoms. The minimum atomic E-state index is 0.0649. The molecule has 1 aromatic rings. The van der Waals surface area contributed by atoms with E-state index in [2.05, 4.69) is 30.5 Å². The molecular weight excluding hydrogens is 228 g/mol. The zero-order chi connectivity index (χ0) is 11.8. The molecule has 86 valence electrons. The van der Waals surface area contributed by atoms with Crippen molar-refractivity contribution in [2.45, 2.75) is 12.2 Å². The van der Waals surface area contributed by atoms with Crippen molar-refractivity contribution in [3.8, 4) is 0 Å². The Balaban J connectivity index is 2.18. The lowest BCUT2D eigenvalue weighted by Crippen LogP contribution is -2.27. The standard InChI is InChI=1S/C15H14OS/c1-2-17-9-5-7-12-10-11-6-3-4-8-13(11)14(16)15(12)17/h3-10,15H,2H2,1H3. The minimum Gasteiger partial charge on any atom is -0.293 e. The fraction of sp³-hybridized carbons (Fsp3) is 0.200. The summed E-state index contributed by atoms with van der Waals surface area (Å²) in [7, 11) is 0.0649. The van der Waals surface area contributed by atoms with Crippen LogP contribution >= 0.6 is 10.5 Å². The first kappa shape index (κ1) is 10.7. The van der Waals surface area contributed by atoms with Gasteiger partial charge in [-0.3, -0.25) is 4.79 Å². The number of carbonyl (C=O) groups is 1. The van der Waals surface area contributed by atoms with Crippen LogP contribution in [0.4, 0.5) is 0 Å². The van der Waals surface area contributed by atoms with Crippen molar-refractivity contribution in [3.05, 3.63) is 53.1 Å². The molecule has 3 rings (SSSR count). The third-order valence-electron chi connectivity index (χ3n) is 3.27. The van der Waals surface area contributed by atoms with Crippen LogP contribution in [0.25, 0.3) is 6.08 Å². The minimum absolute atomic E-state index is 0.0649. The van der Waals surface area contributed by atoms with Gasteiger partial charge in [0, 0.05) is 5.56 Å². The van der Waals surface area contributed by atoms with Crippen LogP contribution in [-0.4, -0.2) is 22.2 Å². The van der Waals surface area contributed by atoms with Gasteiger partial charge >= 0.3 is 0 Å². The van der Waals surface area contributed by atoms with Gasteiger partial charge in [0.25, 0.3) is 0 Å². The van der Waals surface area contributed by atoms with E-state index in [1.165, 1.54) is 5.57 Å². The molecule has 2 heteroatoms. The van der Waals surface area contributed by atoms with Crippen LogP contribution in [0.15, 0.2) is 42.0 Å². The number of rotatable bonds is 1. The Labute approximate surface area is 104 Å². The molecule has 0 saturated carbocycles. The quantitative estimate of drug-likeness (QED) is 0.691. The molecule has 1 nitrogen and oxygen atoms in total. The van der Waals surface area contributed by atoms with Crippen LogP contribution in [0.2, 0.25) is 0 Å². The third-order valence-corrected chi connectivity index (χ3v) is 5.53. The average Bonchev–Trinajstić information content (AvgIpc) is 2.38. The first-order valence-electron chi connectivity index (χ1n) is 5.86. The van der Waals surface area contributed by atoms with Crippen LogP contribution in [0.5, 0.6) is 0 Å². The number of Topliss-reactive ketones (excluding diaryl/α,β-unsaturated/α-hetero) is 1. The summed E-state index contributed by atoms with van der Waals surface area (Å²) < 4.78 is 0. The zero-order valence-electron chi connectivity index (χ0n) is 9.72. The summed E-state index contributed by atoms with van der Waals surface area (Å²) in [6.45, 7) is 2.16. The Bertz CT molecular complexity index is 578. The topological polar surface area (TPSA) is 17.1 Å². The SMILES string of the molecule is CCS1=CC=CC2=Cc3ccccc3C(=O)C21. The Morgan fingerprint density at radius 3 is 2.94 bits per heavy atom. The van der Waals surface area contributed by atoms with Crippen molar-refractivity contribution in [1.82, 2.24) is 0 Å². The summed E-state index contributed by atoms with van der Waals surface area (Å²) in [4.78, 5) is 12.5. The Hall–Kier alpha value is -1.41. The number of allylic oxidation sites excluding steroid dienone is 2. The van der Waals surface area contributed by atoms with E-state index in [1.807, 2.05) is 24.3 Å². The van der Waals surface area contributed by atoms with Gasteiger partial charge in [-0.05, 0) is 28.3 Å². The molecule has 0 saturated heterocycles. The molecule has 2 atom stereocenters. The molecule has 1 aliphatic carbocycles. The maximum absolute atomic E-state index is 12.5. The number of ketones is 1. The van der Waals surface area contributed by atoms with E-state index in [1.54, 1.807) is 0 Å². The molecule has 0 amide bonds. The molecule has 0 radical (unpaired) electrons. The van der Waals surface area contributed by atoms with Gasteiger partial charge in [-0.15, -0.1) is 0 Å². The zero-order valence-corrected chi connectivity index (χ0v) is 10.5. The fourth-order valence-corrected chi connectivity index (χ4v) is 4.30. The molecule has 2 aliphatic rings. The molecule has 0 N–H and O–H groups in total. The maximum atomic E-state index is 12.5. The van der Waals surface area contributed by atoms with E-state index in [-0.39, 0.29) is 15.7 Å². The molecule has 0 aromatic heterocycles. The van der Waals surface area contributed by atoms with Gasteiger partial charge in [0.15, 0.2) is 5.78 Å². The molecule has 1 heterocycles. The third kappa shape index (κ3) is 1.64. The summed E-state index contributed by atoms with van der Waals surface area (Å²) in [6, 6.07) is 7.90. The Morgan fingerprint density at radius 1 is 1.29 bits per heavy atom. The fourth-order valence-electron chi connectivity index (χ4n) is 2.44. The molecule has 17 heavy (non-hydrogen) atoms. The van der Waals surface area contributed by atoms with Gasteiger partial charge in [-0.25, -0.2) is 0 Å². The smallest absolute Gasteiger partial charge is 0.180 e. The van der Waals surface area contributed by atoms with E-state index in [0.717, 1.165) is 16.9 Å². The van der Waals surface area contributed by atoms with Gasteiger partial charge in [-0.1, -0.05) is 43.3 Å². The van der Waals surface area contributed by atoms with Crippen molar-refractivity contribution < 1.29 is 4.79 Å². The van der Waals surface area contributed by atoms with Crippen LogP contribution in [0.3, 0.4) is 0 Å². The Morgan fingerprint density at radius 2 is 2.12 bits per heavy atom. The number of hydrogen-bond acceptors (Lipinski definition) is 1. The van der Waals surface area contributed by atoms with E-state index in [4.69, 9.17) is 0 Å². The second kappa shape index (κ2) is 4.11. The lowest BCUT2D eigenvalue weighted by atomic mass is 9.90. The second-order valence-electron chi connectivity index (χ2n) is 4.23. The first-order valence-corrected chi connectivity index (χ1v) is 7.38. The molecule has 2 unspecified atom stereocenters. The summed E-state index contributed by atoms with van der Waals surface area (Å²) in [5, 5.41) is 2.26. The molecule has 1 aliphatic heterocycles. The number of hydrogen-bond donors (Lipinski definition) is 0. The van der Waals surface area contributed by atoms with E-state index < -0.39 is 0 Å². The van der Waals surface area contributed by atoms with Gasteiger partial charge in [-0.2, -0.15) is 10.5 Å². The predicted octanol–water partition coefficient (Wildman–Crippen LogP) is 3.30. The van der Waals surface area contributed by atoms with Crippen LogP contribution in [0.1, 0.15) is 22.8 Å². The van der Waals surface area contributed by atoms with Gasteiger partial charge in [0.2, 0.25) is 0 Å². The highest BCUT2D eigenvalue weighted by Crippen LogP contribution is 2.37. The van der Waals surface area contributed by atoms with Crippen molar-refractivity contribution >= 4 is 27.7 Å². The van der Waals surface area contributed by atoms with Crippen molar-refractivity contribution in [2.24, 2.45) is 0 Å². The van der Waals surface area contributed by atoms with Crippen LogP contribution < -0.4 is 0 Å². The maximum Gasteiger partial charge on any atom is 0.180 e. The highest BCUT2D eigenvalue weighted by molar-refractivity contribution is 8.16. The lowest BCUT2D eigenvalue weighted by molar-refractivity contribution is 0.0997. The molecule has 1 aromatic carbocycles. The molecular formula is C15H14OS.